The smallest absolute Gasteiger partial charge is 0.274 e. The zero-order valence-electron chi connectivity index (χ0n) is 15.8. The van der Waals surface area contributed by atoms with Gasteiger partial charge in [-0.15, -0.1) is 0 Å². The molecule has 144 valence electrons. The number of amides is 1. The van der Waals surface area contributed by atoms with Crippen molar-refractivity contribution >= 4 is 23.2 Å². The van der Waals surface area contributed by atoms with Gasteiger partial charge in [-0.1, -0.05) is 35.9 Å². The van der Waals surface area contributed by atoms with Crippen molar-refractivity contribution < 1.29 is 4.79 Å². The Morgan fingerprint density at radius 3 is 2.68 bits per heavy atom. The van der Waals surface area contributed by atoms with Crippen LogP contribution in [0.4, 0.5) is 0 Å². The number of imidazole rings is 1. The second-order valence-corrected chi connectivity index (χ2v) is 8.26. The number of hydrogen-bond acceptors (Lipinski definition) is 4. The highest BCUT2D eigenvalue weighted by molar-refractivity contribution is 6.32. The third-order valence-electron chi connectivity index (χ3n) is 6.05. The Morgan fingerprint density at radius 1 is 1.14 bits per heavy atom. The fourth-order valence-corrected chi connectivity index (χ4v) is 4.72. The lowest BCUT2D eigenvalue weighted by Crippen LogP contribution is -2.57. The van der Waals surface area contributed by atoms with E-state index in [2.05, 4.69) is 39.6 Å². The molecule has 0 unspecified atom stereocenters. The van der Waals surface area contributed by atoms with Gasteiger partial charge in [0.2, 0.25) is 0 Å². The first kappa shape index (κ1) is 17.6. The number of rotatable bonds is 1. The average Bonchev–Trinajstić information content (AvgIpc) is 3.12. The lowest BCUT2D eigenvalue weighted by atomic mass is 9.78. The Morgan fingerprint density at radius 2 is 1.89 bits per heavy atom. The van der Waals surface area contributed by atoms with E-state index < -0.39 is 0 Å². The fraction of sp³-hybridized carbons (Fsp3) is 0.381. The molecule has 1 N–H and O–H groups in total. The van der Waals surface area contributed by atoms with Crippen molar-refractivity contribution in [2.24, 2.45) is 0 Å². The minimum atomic E-state index is -0.0384. The molecule has 0 aliphatic carbocycles. The summed E-state index contributed by atoms with van der Waals surface area (Å²) in [6, 6.07) is 8.63. The van der Waals surface area contributed by atoms with Crippen LogP contribution in [0.5, 0.6) is 0 Å². The quantitative estimate of drug-likeness (QED) is 0.688. The van der Waals surface area contributed by atoms with Crippen LogP contribution >= 0.6 is 11.6 Å². The number of aryl methyl sites for hydroxylation is 1. The number of carbonyl (C=O) groups excluding carboxylic acids is 1. The zero-order chi connectivity index (χ0) is 19.3. The minimum absolute atomic E-state index is 0.0384. The van der Waals surface area contributed by atoms with E-state index in [1.807, 2.05) is 18.0 Å². The number of piperidine rings is 1. The molecule has 5 rings (SSSR count). The number of fused-ring (bicyclic) bond motifs is 2. The van der Waals surface area contributed by atoms with E-state index in [0.717, 1.165) is 44.6 Å². The standard InChI is InChI=1S/C21H22ClN5O/c1-14-12-27-13-17(25-19(27)18(22)24-14)20(28)26-8-6-21(7-9-26)10-15-4-2-3-5-16(15)11-23-21/h2-5,12-13,23H,6-11H2,1H3. The first-order valence-corrected chi connectivity index (χ1v) is 10.0. The third kappa shape index (κ3) is 2.97. The van der Waals surface area contributed by atoms with Gasteiger partial charge in [0.15, 0.2) is 10.8 Å². The maximum atomic E-state index is 13.0. The average molecular weight is 396 g/mol. The van der Waals surface area contributed by atoms with Gasteiger partial charge in [0.25, 0.3) is 5.91 Å². The number of hydrogen-bond donors (Lipinski definition) is 1. The molecule has 4 heterocycles. The normalized spacial score (nSPS) is 18.4. The SMILES string of the molecule is Cc1cn2cc(C(=O)N3CCC4(CC3)Cc3ccccc3CN4)nc2c(Cl)n1. The van der Waals surface area contributed by atoms with E-state index in [-0.39, 0.29) is 11.4 Å². The van der Waals surface area contributed by atoms with Crippen molar-refractivity contribution in [3.8, 4) is 0 Å². The van der Waals surface area contributed by atoms with Gasteiger partial charge in [-0.25, -0.2) is 9.97 Å². The van der Waals surface area contributed by atoms with Crippen LogP contribution in [0.25, 0.3) is 5.65 Å². The summed E-state index contributed by atoms with van der Waals surface area (Å²) >= 11 is 6.18. The Balaban J connectivity index is 1.32. The molecule has 7 heteroatoms. The summed E-state index contributed by atoms with van der Waals surface area (Å²) < 4.78 is 1.78. The van der Waals surface area contributed by atoms with Gasteiger partial charge in [-0.05, 0) is 37.3 Å². The first-order valence-electron chi connectivity index (χ1n) is 9.66. The van der Waals surface area contributed by atoms with E-state index >= 15 is 0 Å². The van der Waals surface area contributed by atoms with Crippen molar-refractivity contribution in [1.29, 1.82) is 0 Å². The van der Waals surface area contributed by atoms with Crippen LogP contribution in [0.3, 0.4) is 0 Å². The predicted molar refractivity (Wildman–Crippen MR) is 108 cm³/mol. The summed E-state index contributed by atoms with van der Waals surface area (Å²) in [6.07, 6.45) is 6.50. The van der Waals surface area contributed by atoms with Gasteiger partial charge in [0.05, 0.1) is 5.69 Å². The third-order valence-corrected chi connectivity index (χ3v) is 6.30. The molecule has 0 radical (unpaired) electrons. The van der Waals surface area contributed by atoms with E-state index in [1.54, 1.807) is 10.6 Å². The number of nitrogens with zero attached hydrogens (tertiary/aromatic N) is 4. The first-order chi connectivity index (χ1) is 13.5. The number of halogens is 1. The van der Waals surface area contributed by atoms with Gasteiger partial charge >= 0.3 is 0 Å². The molecule has 1 saturated heterocycles. The number of benzene rings is 1. The molecule has 1 amide bonds. The maximum Gasteiger partial charge on any atom is 0.274 e. The van der Waals surface area contributed by atoms with Crippen molar-refractivity contribution in [1.82, 2.24) is 24.6 Å². The molecular weight excluding hydrogens is 374 g/mol. The topological polar surface area (TPSA) is 62.5 Å². The zero-order valence-corrected chi connectivity index (χ0v) is 16.5. The van der Waals surface area contributed by atoms with Crippen LogP contribution in [-0.4, -0.2) is 43.8 Å². The van der Waals surface area contributed by atoms with Gasteiger partial charge in [0.1, 0.15) is 5.69 Å². The van der Waals surface area contributed by atoms with E-state index in [9.17, 15) is 4.79 Å². The highest BCUT2D eigenvalue weighted by atomic mass is 35.5. The monoisotopic (exact) mass is 395 g/mol. The Hall–Kier alpha value is -2.44. The van der Waals surface area contributed by atoms with Crippen LogP contribution in [0.2, 0.25) is 5.15 Å². The Bertz CT molecular complexity index is 1070. The highest BCUT2D eigenvalue weighted by Crippen LogP contribution is 2.32. The van der Waals surface area contributed by atoms with Gasteiger partial charge in [-0.3, -0.25) is 4.79 Å². The Labute approximate surface area is 168 Å². The van der Waals surface area contributed by atoms with Crippen LogP contribution in [0.15, 0.2) is 36.7 Å². The van der Waals surface area contributed by atoms with Crippen LogP contribution in [0, 0.1) is 6.92 Å². The van der Waals surface area contributed by atoms with Gasteiger partial charge in [0, 0.05) is 37.6 Å². The van der Waals surface area contributed by atoms with E-state index in [0.29, 0.717) is 16.5 Å². The summed E-state index contributed by atoms with van der Waals surface area (Å²) in [4.78, 5) is 23.5. The van der Waals surface area contributed by atoms with Crippen LogP contribution in [0.1, 0.15) is 40.2 Å². The molecule has 2 aliphatic rings. The van der Waals surface area contributed by atoms with Gasteiger partial charge < -0.3 is 14.6 Å². The molecule has 6 nitrogen and oxygen atoms in total. The lowest BCUT2D eigenvalue weighted by molar-refractivity contribution is 0.0626. The predicted octanol–water partition coefficient (Wildman–Crippen LogP) is 3.01. The molecule has 1 aromatic carbocycles. The number of aromatic nitrogens is 3. The summed E-state index contributed by atoms with van der Waals surface area (Å²) in [7, 11) is 0. The molecule has 1 spiro atoms. The summed E-state index contributed by atoms with van der Waals surface area (Å²) in [6.45, 7) is 4.23. The second kappa shape index (κ2) is 6.57. The summed E-state index contributed by atoms with van der Waals surface area (Å²) in [5.41, 5.74) is 4.64. The fourth-order valence-electron chi connectivity index (χ4n) is 4.45. The largest absolute Gasteiger partial charge is 0.337 e. The molecule has 28 heavy (non-hydrogen) atoms. The molecular formula is C21H22ClN5O. The lowest BCUT2D eigenvalue weighted by Gasteiger charge is -2.45. The van der Waals surface area contributed by atoms with Crippen molar-refractivity contribution in [3.05, 3.63) is 64.3 Å². The molecule has 0 saturated carbocycles. The van der Waals surface area contributed by atoms with Crippen LogP contribution in [-0.2, 0) is 13.0 Å². The second-order valence-electron chi connectivity index (χ2n) is 7.90. The number of nitrogens with one attached hydrogen (secondary N) is 1. The molecule has 2 aromatic heterocycles. The summed E-state index contributed by atoms with van der Waals surface area (Å²) in [5, 5.41) is 4.06. The van der Waals surface area contributed by atoms with Gasteiger partial charge in [-0.2, -0.15) is 0 Å². The van der Waals surface area contributed by atoms with E-state index in [1.165, 1.54) is 11.1 Å². The molecule has 2 aliphatic heterocycles. The minimum Gasteiger partial charge on any atom is -0.337 e. The summed E-state index contributed by atoms with van der Waals surface area (Å²) in [5.74, 6) is -0.0384. The maximum absolute atomic E-state index is 13.0. The van der Waals surface area contributed by atoms with E-state index in [4.69, 9.17) is 11.6 Å². The molecule has 0 bridgehead atoms. The highest BCUT2D eigenvalue weighted by Gasteiger charge is 2.38. The van der Waals surface area contributed by atoms with Crippen molar-refractivity contribution in [2.75, 3.05) is 13.1 Å². The molecule has 0 atom stereocenters. The van der Waals surface area contributed by atoms with Crippen molar-refractivity contribution in [2.45, 2.75) is 38.3 Å². The van der Waals surface area contributed by atoms with Crippen molar-refractivity contribution in [3.63, 3.8) is 0 Å². The molecule has 1 fully saturated rings. The van der Waals surface area contributed by atoms with Crippen LogP contribution < -0.4 is 5.32 Å². The number of carbonyl (C=O) groups is 1. The Kier molecular flexibility index (Phi) is 4.14. The molecule has 3 aromatic rings. The number of likely N-dealkylation sites (tertiary alicyclic amines) is 1.